The molecule has 0 saturated carbocycles. The molecule has 0 radical (unpaired) electrons. The van der Waals surface area contributed by atoms with Gasteiger partial charge in [-0.25, -0.2) is 9.59 Å². The van der Waals surface area contributed by atoms with Gasteiger partial charge < -0.3 is 13.9 Å². The van der Waals surface area contributed by atoms with Gasteiger partial charge in [0.25, 0.3) is 0 Å². The van der Waals surface area contributed by atoms with E-state index in [2.05, 4.69) is 6.92 Å². The second-order valence-electron chi connectivity index (χ2n) is 7.46. The molecule has 0 amide bonds. The molecule has 1 aromatic heterocycles. The highest BCUT2D eigenvalue weighted by atomic mass is 32.1. The van der Waals surface area contributed by atoms with Crippen LogP contribution in [0.2, 0.25) is 0 Å². The molecule has 6 heteroatoms. The molecular weight excluding hydrogens is 424 g/mol. The number of esters is 1. The fourth-order valence-corrected chi connectivity index (χ4v) is 3.99. The summed E-state index contributed by atoms with van der Waals surface area (Å²) in [4.78, 5) is 23.4. The second kappa shape index (κ2) is 10.3. The van der Waals surface area contributed by atoms with E-state index in [0.29, 0.717) is 21.6 Å². The number of unbranched alkanes of at least 4 members (excludes halogenated alkanes) is 3. The molecule has 3 aromatic carbocycles. The quantitative estimate of drug-likeness (QED) is 0.162. The number of carbonyl (C=O) groups excluding carboxylic acids is 1. The van der Waals surface area contributed by atoms with E-state index < -0.39 is 5.97 Å². The van der Waals surface area contributed by atoms with Gasteiger partial charge >= 0.3 is 10.9 Å². The van der Waals surface area contributed by atoms with E-state index in [0.717, 1.165) is 41.2 Å². The van der Waals surface area contributed by atoms with Crippen LogP contribution < -0.4 is 14.4 Å². The molecule has 4 aromatic rings. The summed E-state index contributed by atoms with van der Waals surface area (Å²) in [6.07, 6.45) is 4.73. The molecule has 1 heterocycles. The fourth-order valence-electron chi connectivity index (χ4n) is 3.34. The van der Waals surface area contributed by atoms with Crippen LogP contribution in [0.1, 0.15) is 43.0 Å². The summed E-state index contributed by atoms with van der Waals surface area (Å²) >= 11 is 1.01. The zero-order chi connectivity index (χ0) is 22.3. The molecule has 0 unspecified atom stereocenters. The SMILES string of the molecule is CCCCCCOc1ccc(-c2ccc(C(=O)Oc3ccc4sc(=O)oc4c3)cc2)cc1. The Kier molecular flexibility index (Phi) is 7.02. The highest BCUT2D eigenvalue weighted by Gasteiger charge is 2.11. The molecule has 0 bridgehead atoms. The van der Waals surface area contributed by atoms with Crippen LogP contribution in [0.3, 0.4) is 0 Å². The monoisotopic (exact) mass is 448 g/mol. The largest absolute Gasteiger partial charge is 0.494 e. The Balaban J connectivity index is 1.36. The van der Waals surface area contributed by atoms with Crippen LogP contribution in [0.4, 0.5) is 0 Å². The van der Waals surface area contributed by atoms with Crippen molar-refractivity contribution in [2.45, 2.75) is 32.6 Å². The first-order valence-corrected chi connectivity index (χ1v) is 11.5. The molecule has 0 fully saturated rings. The minimum absolute atomic E-state index is 0.332. The second-order valence-corrected chi connectivity index (χ2v) is 8.44. The fraction of sp³-hybridized carbons (Fsp3) is 0.231. The molecule has 0 N–H and O–H groups in total. The van der Waals surface area contributed by atoms with Crippen molar-refractivity contribution in [2.24, 2.45) is 0 Å². The highest BCUT2D eigenvalue weighted by molar-refractivity contribution is 7.16. The maximum absolute atomic E-state index is 12.5. The summed E-state index contributed by atoms with van der Waals surface area (Å²) in [5.41, 5.74) is 2.89. The predicted octanol–water partition coefficient (Wildman–Crippen LogP) is 6.70. The molecule has 0 atom stereocenters. The molecule has 5 nitrogen and oxygen atoms in total. The summed E-state index contributed by atoms with van der Waals surface area (Å²) < 4.78 is 17.0. The first-order valence-electron chi connectivity index (χ1n) is 10.7. The third kappa shape index (κ3) is 5.45. The number of hydrogen-bond donors (Lipinski definition) is 0. The van der Waals surface area contributed by atoms with Gasteiger partial charge in [-0.05, 0) is 53.9 Å². The maximum atomic E-state index is 12.5. The van der Waals surface area contributed by atoms with Crippen LogP contribution in [0, 0.1) is 0 Å². The minimum atomic E-state index is -0.472. The van der Waals surface area contributed by atoms with Crippen molar-refractivity contribution >= 4 is 27.6 Å². The normalized spacial score (nSPS) is 10.9. The number of benzene rings is 3. The van der Waals surface area contributed by atoms with Crippen LogP contribution in [0.25, 0.3) is 21.4 Å². The molecule has 164 valence electrons. The van der Waals surface area contributed by atoms with E-state index >= 15 is 0 Å². The molecule has 0 aliphatic rings. The smallest absolute Gasteiger partial charge is 0.396 e. The van der Waals surface area contributed by atoms with E-state index in [1.165, 1.54) is 19.3 Å². The molecule has 0 aliphatic carbocycles. The zero-order valence-corrected chi connectivity index (χ0v) is 18.7. The Morgan fingerprint density at radius 2 is 1.56 bits per heavy atom. The Bertz CT molecular complexity index is 1240. The van der Waals surface area contributed by atoms with Gasteiger partial charge in [-0.1, -0.05) is 61.8 Å². The Morgan fingerprint density at radius 1 is 0.875 bits per heavy atom. The number of ether oxygens (including phenoxy) is 2. The third-order valence-electron chi connectivity index (χ3n) is 5.09. The molecule has 0 aliphatic heterocycles. The number of hydrogen-bond acceptors (Lipinski definition) is 6. The van der Waals surface area contributed by atoms with Crippen molar-refractivity contribution in [1.29, 1.82) is 0 Å². The van der Waals surface area contributed by atoms with Gasteiger partial charge in [0.15, 0.2) is 5.58 Å². The maximum Gasteiger partial charge on any atom is 0.396 e. The molecular formula is C26H24O5S. The van der Waals surface area contributed by atoms with E-state index in [1.807, 2.05) is 36.4 Å². The van der Waals surface area contributed by atoms with Crippen molar-refractivity contribution in [3.05, 3.63) is 82.0 Å². The predicted molar refractivity (Wildman–Crippen MR) is 127 cm³/mol. The van der Waals surface area contributed by atoms with Crippen LogP contribution in [0.15, 0.2) is 75.9 Å². The molecule has 0 spiro atoms. The highest BCUT2D eigenvalue weighted by Crippen LogP contribution is 2.25. The first-order chi connectivity index (χ1) is 15.6. The Labute approximate surface area is 190 Å². The van der Waals surface area contributed by atoms with Gasteiger partial charge in [-0.3, -0.25) is 0 Å². The first kappa shape index (κ1) is 21.8. The number of rotatable bonds is 9. The van der Waals surface area contributed by atoms with Crippen molar-refractivity contribution in [2.75, 3.05) is 6.61 Å². The van der Waals surface area contributed by atoms with Crippen molar-refractivity contribution in [3.63, 3.8) is 0 Å². The average molecular weight is 449 g/mol. The number of carbonyl (C=O) groups is 1. The summed E-state index contributed by atoms with van der Waals surface area (Å²) in [5, 5.41) is 0. The van der Waals surface area contributed by atoms with Crippen LogP contribution in [-0.2, 0) is 0 Å². The molecule has 4 rings (SSSR count). The Hall–Kier alpha value is -3.38. The van der Waals surface area contributed by atoms with Crippen LogP contribution >= 0.6 is 11.3 Å². The van der Waals surface area contributed by atoms with Gasteiger partial charge in [0.05, 0.1) is 16.9 Å². The van der Waals surface area contributed by atoms with Gasteiger partial charge in [0.1, 0.15) is 11.5 Å². The van der Waals surface area contributed by atoms with Crippen molar-refractivity contribution in [1.82, 2.24) is 0 Å². The summed E-state index contributed by atoms with van der Waals surface area (Å²) in [6, 6.07) is 20.1. The van der Waals surface area contributed by atoms with Crippen LogP contribution in [-0.4, -0.2) is 12.6 Å². The lowest BCUT2D eigenvalue weighted by atomic mass is 10.0. The van der Waals surface area contributed by atoms with E-state index in [9.17, 15) is 9.59 Å². The molecule has 0 saturated heterocycles. The zero-order valence-electron chi connectivity index (χ0n) is 17.8. The summed E-state index contributed by atoms with van der Waals surface area (Å²) in [6.45, 7) is 2.93. The van der Waals surface area contributed by atoms with Gasteiger partial charge in [0.2, 0.25) is 0 Å². The summed E-state index contributed by atoms with van der Waals surface area (Å²) in [7, 11) is 0. The van der Waals surface area contributed by atoms with E-state index in [4.69, 9.17) is 13.9 Å². The third-order valence-corrected chi connectivity index (χ3v) is 5.89. The Morgan fingerprint density at radius 3 is 2.28 bits per heavy atom. The van der Waals surface area contributed by atoms with Gasteiger partial charge in [0, 0.05) is 6.07 Å². The molecule has 32 heavy (non-hydrogen) atoms. The van der Waals surface area contributed by atoms with Crippen molar-refractivity contribution in [3.8, 4) is 22.6 Å². The number of fused-ring (bicyclic) bond motifs is 1. The summed E-state index contributed by atoms with van der Waals surface area (Å²) in [5.74, 6) is 0.725. The van der Waals surface area contributed by atoms with Gasteiger partial charge in [-0.2, -0.15) is 0 Å². The lowest BCUT2D eigenvalue weighted by Crippen LogP contribution is -2.08. The van der Waals surface area contributed by atoms with Crippen molar-refractivity contribution < 1.29 is 18.7 Å². The minimum Gasteiger partial charge on any atom is -0.494 e. The van der Waals surface area contributed by atoms with Gasteiger partial charge in [-0.15, -0.1) is 0 Å². The topological polar surface area (TPSA) is 65.7 Å². The standard InChI is InChI=1S/C26H24O5S/c1-2-3-4-5-16-29-21-12-10-19(11-13-21)18-6-8-20(9-7-18)25(27)30-22-14-15-24-23(17-22)31-26(28)32-24/h6-15,17H,2-5,16H2,1H3. The van der Waals surface area contributed by atoms with Crippen LogP contribution in [0.5, 0.6) is 11.5 Å². The lowest BCUT2D eigenvalue weighted by molar-refractivity contribution is 0.0735. The average Bonchev–Trinajstić information content (AvgIpc) is 3.19. The van der Waals surface area contributed by atoms with E-state index in [1.54, 1.807) is 30.3 Å². The lowest BCUT2D eigenvalue weighted by Gasteiger charge is -2.08. The van der Waals surface area contributed by atoms with E-state index in [-0.39, 0.29) is 4.94 Å².